The molecule has 1 fully saturated rings. The molecule has 22 heavy (non-hydrogen) atoms. The minimum absolute atomic E-state index is 0.0367. The van der Waals surface area contributed by atoms with Gasteiger partial charge in [0.15, 0.2) is 9.84 Å². The first kappa shape index (κ1) is 16.1. The van der Waals surface area contributed by atoms with Crippen molar-refractivity contribution in [1.82, 2.24) is 5.43 Å². The zero-order valence-corrected chi connectivity index (χ0v) is 12.5. The molecule has 0 radical (unpaired) electrons. The molecule has 2 rings (SSSR count). The van der Waals surface area contributed by atoms with Crippen molar-refractivity contribution in [2.24, 2.45) is 11.0 Å². The Kier molecular flexibility index (Phi) is 4.86. The Labute approximate surface area is 127 Å². The van der Waals surface area contributed by atoms with Crippen LogP contribution in [0.1, 0.15) is 18.4 Å². The third kappa shape index (κ3) is 4.62. The summed E-state index contributed by atoms with van der Waals surface area (Å²) in [6.07, 6.45) is 1.89. The second-order valence-corrected chi connectivity index (χ2v) is 7.35. The van der Waals surface area contributed by atoms with Crippen LogP contribution in [-0.2, 0) is 14.6 Å². The quantitative estimate of drug-likeness (QED) is 0.489. The molecule has 1 unspecified atom stereocenters. The van der Waals surface area contributed by atoms with Crippen LogP contribution in [0.15, 0.2) is 29.4 Å². The number of hydrogen-bond donors (Lipinski definition) is 1. The van der Waals surface area contributed by atoms with E-state index in [0.29, 0.717) is 12.0 Å². The van der Waals surface area contributed by atoms with Crippen LogP contribution in [0, 0.1) is 16.0 Å². The summed E-state index contributed by atoms with van der Waals surface area (Å²) in [4.78, 5) is 21.8. The van der Waals surface area contributed by atoms with Crippen LogP contribution >= 0.6 is 0 Å². The van der Waals surface area contributed by atoms with E-state index in [-0.39, 0.29) is 35.4 Å². The minimum Gasteiger partial charge on any atom is -0.273 e. The Morgan fingerprint density at radius 3 is 2.91 bits per heavy atom. The molecule has 0 aliphatic carbocycles. The molecule has 1 heterocycles. The number of nitro benzene ring substituents is 1. The van der Waals surface area contributed by atoms with Gasteiger partial charge in [0.2, 0.25) is 5.91 Å². The van der Waals surface area contributed by atoms with Gasteiger partial charge in [-0.1, -0.05) is 12.1 Å². The lowest BCUT2D eigenvalue weighted by molar-refractivity contribution is -0.384. The Hall–Kier alpha value is -2.29. The average Bonchev–Trinajstić information content (AvgIpc) is 2.78. The summed E-state index contributed by atoms with van der Waals surface area (Å²) in [6.45, 7) is 0. The summed E-state index contributed by atoms with van der Waals surface area (Å²) in [5, 5.41) is 14.3. The van der Waals surface area contributed by atoms with Crippen molar-refractivity contribution in [3.05, 3.63) is 39.9 Å². The Morgan fingerprint density at radius 1 is 1.50 bits per heavy atom. The summed E-state index contributed by atoms with van der Waals surface area (Å²) >= 11 is 0. The monoisotopic (exact) mass is 325 g/mol. The van der Waals surface area contributed by atoms with E-state index < -0.39 is 14.8 Å². The van der Waals surface area contributed by atoms with Gasteiger partial charge >= 0.3 is 0 Å². The molecular weight excluding hydrogens is 310 g/mol. The zero-order chi connectivity index (χ0) is 16.2. The molecular formula is C13H15N3O5S. The molecule has 1 aliphatic heterocycles. The van der Waals surface area contributed by atoms with Crippen molar-refractivity contribution >= 4 is 27.6 Å². The molecule has 1 amide bonds. The average molecular weight is 325 g/mol. The standard InChI is InChI=1S/C13H15N3O5S/c17-13(7-11-4-5-22(20,21)9-11)15-14-8-10-2-1-3-12(6-10)16(18)19/h1-3,6,8,11H,4-5,7,9H2,(H,15,17)/b14-8+. The van der Waals surface area contributed by atoms with E-state index >= 15 is 0 Å². The highest BCUT2D eigenvalue weighted by molar-refractivity contribution is 7.91. The Balaban J connectivity index is 1.86. The van der Waals surface area contributed by atoms with Gasteiger partial charge in [-0.05, 0) is 12.3 Å². The van der Waals surface area contributed by atoms with Crippen LogP contribution < -0.4 is 5.43 Å². The normalized spacial score (nSPS) is 20.1. The molecule has 1 aromatic carbocycles. The van der Waals surface area contributed by atoms with Crippen molar-refractivity contribution in [2.75, 3.05) is 11.5 Å². The van der Waals surface area contributed by atoms with Crippen LogP contribution in [-0.4, -0.2) is 37.0 Å². The fraction of sp³-hybridized carbons (Fsp3) is 0.385. The third-order valence-electron chi connectivity index (χ3n) is 3.28. The topological polar surface area (TPSA) is 119 Å². The van der Waals surface area contributed by atoms with Gasteiger partial charge in [-0.15, -0.1) is 0 Å². The molecule has 0 bridgehead atoms. The van der Waals surface area contributed by atoms with E-state index in [1.54, 1.807) is 6.07 Å². The summed E-state index contributed by atoms with van der Waals surface area (Å²) in [6, 6.07) is 5.83. The summed E-state index contributed by atoms with van der Waals surface area (Å²) in [5.74, 6) is -0.376. The van der Waals surface area contributed by atoms with E-state index in [0.717, 1.165) is 0 Å². The Bertz CT molecular complexity index is 714. The summed E-state index contributed by atoms with van der Waals surface area (Å²) in [7, 11) is -3.00. The number of hydrogen-bond acceptors (Lipinski definition) is 6. The minimum atomic E-state index is -3.00. The smallest absolute Gasteiger partial charge is 0.270 e. The maximum atomic E-state index is 11.6. The number of carbonyl (C=O) groups excluding carboxylic acids is 1. The second-order valence-electron chi connectivity index (χ2n) is 5.12. The third-order valence-corrected chi connectivity index (χ3v) is 5.12. The van der Waals surface area contributed by atoms with Crippen molar-refractivity contribution in [3.8, 4) is 0 Å². The van der Waals surface area contributed by atoms with Crippen molar-refractivity contribution < 1.29 is 18.1 Å². The Morgan fingerprint density at radius 2 is 2.27 bits per heavy atom. The number of nitrogens with zero attached hydrogens (tertiary/aromatic N) is 2. The first-order valence-corrected chi connectivity index (χ1v) is 8.45. The molecule has 9 heteroatoms. The number of nitrogens with one attached hydrogen (secondary N) is 1. The van der Waals surface area contributed by atoms with Gasteiger partial charge < -0.3 is 0 Å². The molecule has 0 aromatic heterocycles. The maximum absolute atomic E-state index is 11.6. The number of carbonyl (C=O) groups is 1. The maximum Gasteiger partial charge on any atom is 0.270 e. The fourth-order valence-corrected chi connectivity index (χ4v) is 4.10. The lowest BCUT2D eigenvalue weighted by Gasteiger charge is -2.05. The predicted molar refractivity (Wildman–Crippen MR) is 80.2 cm³/mol. The highest BCUT2D eigenvalue weighted by atomic mass is 32.2. The van der Waals surface area contributed by atoms with Gasteiger partial charge in [0.1, 0.15) is 0 Å². The number of sulfone groups is 1. The molecule has 0 saturated carbocycles. The number of rotatable bonds is 5. The molecule has 1 aromatic rings. The first-order chi connectivity index (χ1) is 10.4. The summed E-state index contributed by atoms with van der Waals surface area (Å²) < 4.78 is 22.6. The van der Waals surface area contributed by atoms with E-state index in [1.807, 2.05) is 0 Å². The lowest BCUT2D eigenvalue weighted by atomic mass is 10.1. The number of amides is 1. The lowest BCUT2D eigenvalue weighted by Crippen LogP contribution is -2.21. The van der Waals surface area contributed by atoms with Gasteiger partial charge in [0.05, 0.1) is 22.6 Å². The largest absolute Gasteiger partial charge is 0.273 e. The highest BCUT2D eigenvalue weighted by Crippen LogP contribution is 2.21. The van der Waals surface area contributed by atoms with Crippen molar-refractivity contribution in [3.63, 3.8) is 0 Å². The number of nitro groups is 1. The number of benzene rings is 1. The van der Waals surface area contributed by atoms with Crippen LogP contribution in [0.3, 0.4) is 0 Å². The van der Waals surface area contributed by atoms with Crippen molar-refractivity contribution in [2.45, 2.75) is 12.8 Å². The number of non-ortho nitro benzene ring substituents is 1. The second kappa shape index (κ2) is 6.65. The molecule has 118 valence electrons. The van der Waals surface area contributed by atoms with Crippen LogP contribution in [0.25, 0.3) is 0 Å². The predicted octanol–water partition coefficient (Wildman–Crippen LogP) is 0.870. The fourth-order valence-electron chi connectivity index (χ4n) is 2.24. The molecule has 1 N–H and O–H groups in total. The molecule has 8 nitrogen and oxygen atoms in total. The summed E-state index contributed by atoms with van der Waals surface area (Å²) in [5.41, 5.74) is 2.72. The zero-order valence-electron chi connectivity index (χ0n) is 11.6. The van der Waals surface area contributed by atoms with Crippen LogP contribution in [0.4, 0.5) is 5.69 Å². The van der Waals surface area contributed by atoms with Crippen molar-refractivity contribution in [1.29, 1.82) is 0 Å². The van der Waals surface area contributed by atoms with Gasteiger partial charge in [0, 0.05) is 24.1 Å². The van der Waals surface area contributed by atoms with E-state index in [4.69, 9.17) is 0 Å². The van der Waals surface area contributed by atoms with Gasteiger partial charge in [-0.3, -0.25) is 14.9 Å². The van der Waals surface area contributed by atoms with Gasteiger partial charge in [0.25, 0.3) is 5.69 Å². The SMILES string of the molecule is O=C(CC1CCS(=O)(=O)C1)N/N=C/c1cccc([N+](=O)[O-])c1. The van der Waals surface area contributed by atoms with E-state index in [1.165, 1.54) is 24.4 Å². The van der Waals surface area contributed by atoms with Gasteiger partial charge in [-0.2, -0.15) is 5.10 Å². The number of hydrazone groups is 1. The molecule has 0 spiro atoms. The van der Waals surface area contributed by atoms with E-state index in [9.17, 15) is 23.3 Å². The molecule has 1 atom stereocenters. The molecule has 1 aliphatic rings. The van der Waals surface area contributed by atoms with Gasteiger partial charge in [-0.25, -0.2) is 13.8 Å². The van der Waals surface area contributed by atoms with E-state index in [2.05, 4.69) is 10.5 Å². The van der Waals surface area contributed by atoms with Crippen LogP contribution in [0.2, 0.25) is 0 Å². The first-order valence-electron chi connectivity index (χ1n) is 6.62. The molecule has 1 saturated heterocycles. The highest BCUT2D eigenvalue weighted by Gasteiger charge is 2.29. The van der Waals surface area contributed by atoms with Crippen LogP contribution in [0.5, 0.6) is 0 Å².